The van der Waals surface area contributed by atoms with Gasteiger partial charge in [0.1, 0.15) is 5.82 Å². The Morgan fingerprint density at radius 1 is 1.00 bits per heavy atom. The number of nitrogens with two attached hydrogens (primary N) is 2. The van der Waals surface area contributed by atoms with Crippen molar-refractivity contribution in [2.75, 3.05) is 31.5 Å². The van der Waals surface area contributed by atoms with Crippen LogP contribution in [0.5, 0.6) is 0 Å². The van der Waals surface area contributed by atoms with Gasteiger partial charge in [-0.3, -0.25) is 19.6 Å². The molecule has 4 heterocycles. The van der Waals surface area contributed by atoms with Gasteiger partial charge in [0, 0.05) is 57.0 Å². The first-order valence-electron chi connectivity index (χ1n) is 13.4. The summed E-state index contributed by atoms with van der Waals surface area (Å²) in [7, 11) is 0. The Labute approximate surface area is 234 Å². The Kier molecular flexibility index (Phi) is 8.65. The molecule has 3 amide bonds. The maximum atomic E-state index is 12.7. The van der Waals surface area contributed by atoms with Gasteiger partial charge in [0.25, 0.3) is 0 Å². The highest BCUT2D eigenvalue weighted by Gasteiger charge is 2.39. The molecule has 0 radical (unpaired) electrons. The SMILES string of the molecule is CC(C)(N)C(=O)N1CCN(C(=O)Nc2ccn(-c3ccc(CN4C5CCC4CC(N)C5)cc3)c(=O)n2)CC1.Cl. The molecule has 3 aliphatic heterocycles. The smallest absolute Gasteiger partial charge is 0.338 e. The van der Waals surface area contributed by atoms with Gasteiger partial charge in [0.05, 0.1) is 11.2 Å². The van der Waals surface area contributed by atoms with Crippen LogP contribution in [0.2, 0.25) is 0 Å². The third-order valence-electron chi connectivity index (χ3n) is 7.94. The van der Waals surface area contributed by atoms with Crippen LogP contribution in [-0.4, -0.2) is 86.0 Å². The maximum absolute atomic E-state index is 12.7. The van der Waals surface area contributed by atoms with Crippen LogP contribution in [-0.2, 0) is 11.3 Å². The molecule has 2 bridgehead atoms. The molecule has 0 aliphatic carbocycles. The minimum absolute atomic E-state index is 0. The first-order chi connectivity index (χ1) is 18.1. The van der Waals surface area contributed by atoms with E-state index in [1.165, 1.54) is 23.0 Å². The zero-order chi connectivity index (χ0) is 27.0. The van der Waals surface area contributed by atoms with Gasteiger partial charge in [0.15, 0.2) is 0 Å². The summed E-state index contributed by atoms with van der Waals surface area (Å²) < 4.78 is 1.46. The second kappa shape index (κ2) is 11.6. The molecule has 11 nitrogen and oxygen atoms in total. The van der Waals surface area contributed by atoms with E-state index in [2.05, 4.69) is 27.3 Å². The number of carbonyl (C=O) groups excluding carboxylic acids is 2. The fourth-order valence-corrected chi connectivity index (χ4v) is 5.93. The Hall–Kier alpha value is -2.99. The van der Waals surface area contributed by atoms with Gasteiger partial charge in [-0.15, -0.1) is 12.4 Å². The number of hydrogen-bond acceptors (Lipinski definition) is 7. The summed E-state index contributed by atoms with van der Waals surface area (Å²) in [6, 6.07) is 10.7. The van der Waals surface area contributed by atoms with Crippen LogP contribution >= 0.6 is 12.4 Å². The molecule has 3 fully saturated rings. The molecular formula is C27H39ClN8O3. The highest BCUT2D eigenvalue weighted by Crippen LogP contribution is 2.36. The van der Waals surface area contributed by atoms with E-state index in [0.29, 0.717) is 44.3 Å². The van der Waals surface area contributed by atoms with Crippen molar-refractivity contribution in [1.29, 1.82) is 0 Å². The van der Waals surface area contributed by atoms with Crippen molar-refractivity contribution in [3.63, 3.8) is 0 Å². The molecule has 39 heavy (non-hydrogen) atoms. The van der Waals surface area contributed by atoms with Crippen molar-refractivity contribution in [3.05, 3.63) is 52.6 Å². The summed E-state index contributed by atoms with van der Waals surface area (Å²) in [5, 5.41) is 2.70. The number of rotatable bonds is 5. The predicted molar refractivity (Wildman–Crippen MR) is 152 cm³/mol. The average molecular weight is 559 g/mol. The molecule has 2 aromatic rings. The van der Waals surface area contributed by atoms with Crippen LogP contribution in [0, 0.1) is 0 Å². The molecule has 12 heteroatoms. The lowest BCUT2D eigenvalue weighted by molar-refractivity contribution is -0.137. The lowest BCUT2D eigenvalue weighted by Gasteiger charge is -2.37. The fourth-order valence-electron chi connectivity index (χ4n) is 5.93. The first kappa shape index (κ1) is 29.0. The molecule has 2 unspecified atom stereocenters. The van der Waals surface area contributed by atoms with E-state index in [1.807, 2.05) is 12.1 Å². The van der Waals surface area contributed by atoms with Gasteiger partial charge < -0.3 is 21.3 Å². The molecule has 3 aliphatic rings. The number of nitrogens with zero attached hydrogens (tertiary/aromatic N) is 5. The topological polar surface area (TPSA) is 143 Å². The van der Waals surface area contributed by atoms with E-state index in [9.17, 15) is 14.4 Å². The Balaban J connectivity index is 0.00000353. The third-order valence-corrected chi connectivity index (χ3v) is 7.94. The molecule has 212 valence electrons. The van der Waals surface area contributed by atoms with E-state index >= 15 is 0 Å². The minimum Gasteiger partial charge on any atom is -0.338 e. The number of carbonyl (C=O) groups is 2. The summed E-state index contributed by atoms with van der Waals surface area (Å²) in [4.78, 5) is 47.7. The summed E-state index contributed by atoms with van der Waals surface area (Å²) in [6.45, 7) is 5.81. The van der Waals surface area contributed by atoms with Crippen LogP contribution < -0.4 is 22.5 Å². The second-order valence-corrected chi connectivity index (χ2v) is 11.4. The number of aromatic nitrogens is 2. The highest BCUT2D eigenvalue weighted by atomic mass is 35.5. The zero-order valence-electron chi connectivity index (χ0n) is 22.6. The lowest BCUT2D eigenvalue weighted by Crippen LogP contribution is -2.58. The fraction of sp³-hybridized carbons (Fsp3) is 0.556. The quantitative estimate of drug-likeness (QED) is 0.505. The largest absolute Gasteiger partial charge is 0.354 e. The number of piperazine rings is 1. The zero-order valence-corrected chi connectivity index (χ0v) is 23.4. The van der Waals surface area contributed by atoms with Gasteiger partial charge >= 0.3 is 11.7 Å². The second-order valence-electron chi connectivity index (χ2n) is 11.4. The van der Waals surface area contributed by atoms with Gasteiger partial charge in [-0.05, 0) is 63.3 Å². The minimum atomic E-state index is -0.944. The Bertz CT molecular complexity index is 1220. The number of benzene rings is 1. The summed E-state index contributed by atoms with van der Waals surface area (Å²) >= 11 is 0. The van der Waals surface area contributed by atoms with E-state index in [4.69, 9.17) is 11.5 Å². The standard InChI is InChI=1S/C27H38N8O3.ClH/c1-27(2,29)24(36)32-11-13-33(14-12-32)25(37)30-23-9-10-34(26(38)31-23)20-5-3-18(4-6-20)17-35-21-7-8-22(35)16-19(28)15-21;/h3-6,9-10,19,21-22H,7-8,11-17,28-29H2,1-2H3,(H,30,31,37,38);1H. The summed E-state index contributed by atoms with van der Waals surface area (Å²) in [5.74, 6) is 0.0486. The van der Waals surface area contributed by atoms with Gasteiger partial charge in [-0.1, -0.05) is 12.1 Å². The van der Waals surface area contributed by atoms with Crippen molar-refractivity contribution in [2.45, 2.75) is 69.7 Å². The molecule has 5 rings (SSSR count). The number of amides is 3. The van der Waals surface area contributed by atoms with Crippen LogP contribution in [0.1, 0.15) is 45.1 Å². The van der Waals surface area contributed by atoms with Crippen molar-refractivity contribution >= 4 is 30.2 Å². The number of fused-ring (bicyclic) bond motifs is 2. The van der Waals surface area contributed by atoms with E-state index in [-0.39, 0.29) is 30.2 Å². The molecule has 5 N–H and O–H groups in total. The van der Waals surface area contributed by atoms with E-state index in [0.717, 1.165) is 25.1 Å². The monoisotopic (exact) mass is 558 g/mol. The van der Waals surface area contributed by atoms with Crippen LogP contribution in [0.15, 0.2) is 41.3 Å². The van der Waals surface area contributed by atoms with Crippen LogP contribution in [0.25, 0.3) is 5.69 Å². The molecule has 1 aromatic heterocycles. The summed E-state index contributed by atoms with van der Waals surface area (Å²) in [6.07, 6.45) is 6.21. The van der Waals surface area contributed by atoms with Crippen molar-refractivity contribution in [2.24, 2.45) is 11.5 Å². The normalized spacial score (nSPS) is 23.3. The molecule has 1 aromatic carbocycles. The van der Waals surface area contributed by atoms with Crippen molar-refractivity contribution in [1.82, 2.24) is 24.3 Å². The molecular weight excluding hydrogens is 520 g/mol. The van der Waals surface area contributed by atoms with Crippen LogP contribution in [0.3, 0.4) is 0 Å². The van der Waals surface area contributed by atoms with Gasteiger partial charge in [-0.2, -0.15) is 4.98 Å². The highest BCUT2D eigenvalue weighted by molar-refractivity contribution is 5.89. The number of anilines is 1. The number of urea groups is 1. The number of nitrogens with one attached hydrogen (secondary N) is 1. The Morgan fingerprint density at radius 2 is 1.59 bits per heavy atom. The lowest BCUT2D eigenvalue weighted by atomic mass is 9.97. The third kappa shape index (κ3) is 6.43. The predicted octanol–water partition coefficient (Wildman–Crippen LogP) is 1.52. The van der Waals surface area contributed by atoms with Gasteiger partial charge in [0.2, 0.25) is 5.91 Å². The Morgan fingerprint density at radius 3 is 2.15 bits per heavy atom. The van der Waals surface area contributed by atoms with Crippen molar-refractivity contribution < 1.29 is 9.59 Å². The van der Waals surface area contributed by atoms with E-state index in [1.54, 1.807) is 35.9 Å². The molecule has 2 atom stereocenters. The van der Waals surface area contributed by atoms with Crippen molar-refractivity contribution in [3.8, 4) is 5.69 Å². The number of piperidine rings is 1. The molecule has 3 saturated heterocycles. The van der Waals surface area contributed by atoms with Gasteiger partial charge in [-0.25, -0.2) is 9.59 Å². The number of halogens is 1. The molecule has 0 saturated carbocycles. The maximum Gasteiger partial charge on any atom is 0.354 e. The molecule has 0 spiro atoms. The van der Waals surface area contributed by atoms with E-state index < -0.39 is 11.2 Å². The average Bonchev–Trinajstić information content (AvgIpc) is 3.11. The van der Waals surface area contributed by atoms with Crippen LogP contribution in [0.4, 0.5) is 10.6 Å². The first-order valence-corrected chi connectivity index (χ1v) is 13.4. The number of hydrogen-bond donors (Lipinski definition) is 3. The summed E-state index contributed by atoms with van der Waals surface area (Å²) in [5.41, 5.74) is 12.6.